The zero-order chi connectivity index (χ0) is 12.8. The van der Waals surface area contributed by atoms with Gasteiger partial charge in [0.25, 0.3) is 0 Å². The SMILES string of the molecule is COCOc1ccc(F)c(CO)c1C(=O)OC. The van der Waals surface area contributed by atoms with Gasteiger partial charge in [0.15, 0.2) is 6.79 Å². The predicted molar refractivity (Wildman–Crippen MR) is 56.2 cm³/mol. The quantitative estimate of drug-likeness (QED) is 0.620. The molecule has 1 aromatic rings. The first-order valence-corrected chi connectivity index (χ1v) is 4.78. The first-order valence-electron chi connectivity index (χ1n) is 4.78. The maximum absolute atomic E-state index is 13.4. The second kappa shape index (κ2) is 6.17. The number of benzene rings is 1. The fourth-order valence-electron chi connectivity index (χ4n) is 1.32. The number of methoxy groups -OCH3 is 2. The van der Waals surface area contributed by atoms with Crippen molar-refractivity contribution < 1.29 is 28.5 Å². The highest BCUT2D eigenvalue weighted by Crippen LogP contribution is 2.26. The number of carbonyl (C=O) groups is 1. The molecular formula is C11H13FO5. The summed E-state index contributed by atoms with van der Waals surface area (Å²) in [6.07, 6.45) is 0. The summed E-state index contributed by atoms with van der Waals surface area (Å²) < 4.78 is 27.7. The third kappa shape index (κ3) is 2.92. The summed E-state index contributed by atoms with van der Waals surface area (Å²) in [7, 11) is 2.57. The molecule has 0 amide bonds. The van der Waals surface area contributed by atoms with E-state index in [0.717, 1.165) is 13.2 Å². The van der Waals surface area contributed by atoms with Crippen LogP contribution in [0.3, 0.4) is 0 Å². The van der Waals surface area contributed by atoms with Crippen molar-refractivity contribution in [3.05, 3.63) is 29.1 Å². The van der Waals surface area contributed by atoms with Gasteiger partial charge in [0.2, 0.25) is 0 Å². The van der Waals surface area contributed by atoms with E-state index >= 15 is 0 Å². The Balaban J connectivity index is 3.24. The molecule has 1 aromatic carbocycles. The Hall–Kier alpha value is -1.66. The van der Waals surface area contributed by atoms with Gasteiger partial charge in [-0.05, 0) is 12.1 Å². The molecule has 0 atom stereocenters. The van der Waals surface area contributed by atoms with E-state index in [-0.39, 0.29) is 23.7 Å². The Labute approximate surface area is 97.7 Å². The van der Waals surface area contributed by atoms with Gasteiger partial charge in [-0.3, -0.25) is 0 Å². The van der Waals surface area contributed by atoms with Crippen LogP contribution in [0.1, 0.15) is 15.9 Å². The minimum absolute atomic E-state index is 0.0967. The standard InChI is InChI=1S/C11H13FO5/c1-15-6-17-9-4-3-8(12)7(5-13)10(9)11(14)16-2/h3-4,13H,5-6H2,1-2H3. The highest BCUT2D eigenvalue weighted by Gasteiger charge is 2.21. The molecule has 0 saturated carbocycles. The van der Waals surface area contributed by atoms with Gasteiger partial charge < -0.3 is 19.3 Å². The molecule has 0 saturated heterocycles. The van der Waals surface area contributed by atoms with Crippen molar-refractivity contribution in [2.24, 2.45) is 0 Å². The van der Waals surface area contributed by atoms with Crippen LogP contribution in [0.4, 0.5) is 4.39 Å². The van der Waals surface area contributed by atoms with Gasteiger partial charge in [-0.2, -0.15) is 0 Å². The molecule has 0 heterocycles. The van der Waals surface area contributed by atoms with Gasteiger partial charge in [0.05, 0.1) is 13.7 Å². The first kappa shape index (κ1) is 13.4. The van der Waals surface area contributed by atoms with Crippen molar-refractivity contribution in [2.45, 2.75) is 6.61 Å². The lowest BCUT2D eigenvalue weighted by atomic mass is 10.1. The van der Waals surface area contributed by atoms with Crippen molar-refractivity contribution in [3.63, 3.8) is 0 Å². The predicted octanol–water partition coefficient (Wildman–Crippen LogP) is 1.09. The molecule has 1 rings (SSSR count). The van der Waals surface area contributed by atoms with E-state index in [1.54, 1.807) is 0 Å². The van der Waals surface area contributed by atoms with Crippen LogP contribution in [0, 0.1) is 5.82 Å². The molecule has 0 aliphatic heterocycles. The van der Waals surface area contributed by atoms with E-state index < -0.39 is 18.4 Å². The average molecular weight is 244 g/mol. The maximum Gasteiger partial charge on any atom is 0.342 e. The summed E-state index contributed by atoms with van der Waals surface area (Å²) in [4.78, 5) is 11.5. The zero-order valence-electron chi connectivity index (χ0n) is 9.53. The van der Waals surface area contributed by atoms with Gasteiger partial charge in [0.1, 0.15) is 17.1 Å². The van der Waals surface area contributed by atoms with Gasteiger partial charge in [-0.25, -0.2) is 9.18 Å². The monoisotopic (exact) mass is 244 g/mol. The lowest BCUT2D eigenvalue weighted by molar-refractivity contribution is 0.0460. The van der Waals surface area contributed by atoms with Crippen LogP contribution >= 0.6 is 0 Å². The topological polar surface area (TPSA) is 65.0 Å². The Morgan fingerprint density at radius 1 is 1.41 bits per heavy atom. The number of aliphatic hydroxyl groups excluding tert-OH is 1. The molecule has 5 nitrogen and oxygen atoms in total. The van der Waals surface area contributed by atoms with Gasteiger partial charge in [-0.15, -0.1) is 0 Å². The van der Waals surface area contributed by atoms with E-state index in [4.69, 9.17) is 9.84 Å². The van der Waals surface area contributed by atoms with Crippen LogP contribution in [-0.2, 0) is 16.1 Å². The smallest absolute Gasteiger partial charge is 0.342 e. The van der Waals surface area contributed by atoms with E-state index in [2.05, 4.69) is 9.47 Å². The highest BCUT2D eigenvalue weighted by molar-refractivity contribution is 5.94. The number of halogens is 1. The number of aliphatic hydroxyl groups is 1. The van der Waals surface area contributed by atoms with E-state index in [1.807, 2.05) is 0 Å². The summed E-state index contributed by atoms with van der Waals surface area (Å²) in [6, 6.07) is 2.38. The van der Waals surface area contributed by atoms with Gasteiger partial charge >= 0.3 is 5.97 Å². The molecule has 0 unspecified atom stereocenters. The van der Waals surface area contributed by atoms with Crippen LogP contribution in [-0.4, -0.2) is 32.1 Å². The summed E-state index contributed by atoms with van der Waals surface area (Å²) >= 11 is 0. The molecule has 0 fully saturated rings. The van der Waals surface area contributed by atoms with Crippen LogP contribution in [0.25, 0.3) is 0 Å². The molecule has 6 heteroatoms. The van der Waals surface area contributed by atoms with E-state index in [0.29, 0.717) is 0 Å². The van der Waals surface area contributed by atoms with E-state index in [9.17, 15) is 9.18 Å². The summed E-state index contributed by atoms with van der Waals surface area (Å²) in [6.45, 7) is -0.721. The second-order valence-electron chi connectivity index (χ2n) is 3.10. The summed E-state index contributed by atoms with van der Waals surface area (Å²) in [5.41, 5.74) is -0.294. The normalized spacial score (nSPS) is 10.1. The fourth-order valence-corrected chi connectivity index (χ4v) is 1.32. The molecule has 0 spiro atoms. The molecule has 0 aliphatic rings. The van der Waals surface area contributed by atoms with Crippen molar-refractivity contribution in [1.82, 2.24) is 0 Å². The molecular weight excluding hydrogens is 231 g/mol. The lowest BCUT2D eigenvalue weighted by Crippen LogP contribution is -2.12. The number of hydrogen-bond acceptors (Lipinski definition) is 5. The highest BCUT2D eigenvalue weighted by atomic mass is 19.1. The van der Waals surface area contributed by atoms with Crippen molar-refractivity contribution in [2.75, 3.05) is 21.0 Å². The Morgan fingerprint density at radius 2 is 2.12 bits per heavy atom. The van der Waals surface area contributed by atoms with Crippen molar-refractivity contribution in [3.8, 4) is 5.75 Å². The van der Waals surface area contributed by atoms with E-state index in [1.165, 1.54) is 13.2 Å². The third-order valence-electron chi connectivity index (χ3n) is 2.10. The Morgan fingerprint density at radius 3 is 2.65 bits per heavy atom. The fraction of sp³-hybridized carbons (Fsp3) is 0.364. The zero-order valence-corrected chi connectivity index (χ0v) is 9.53. The molecule has 17 heavy (non-hydrogen) atoms. The van der Waals surface area contributed by atoms with Crippen LogP contribution in [0.2, 0.25) is 0 Å². The molecule has 0 radical (unpaired) electrons. The molecule has 94 valence electrons. The summed E-state index contributed by atoms with van der Waals surface area (Å²) in [5.74, 6) is -1.37. The number of carbonyl (C=O) groups excluding carboxylic acids is 1. The van der Waals surface area contributed by atoms with Crippen LogP contribution < -0.4 is 4.74 Å². The molecule has 0 bridgehead atoms. The van der Waals surface area contributed by atoms with Crippen molar-refractivity contribution >= 4 is 5.97 Å². The van der Waals surface area contributed by atoms with Gasteiger partial charge in [-0.1, -0.05) is 0 Å². The largest absolute Gasteiger partial charge is 0.467 e. The second-order valence-corrected chi connectivity index (χ2v) is 3.10. The third-order valence-corrected chi connectivity index (χ3v) is 2.10. The average Bonchev–Trinajstić information content (AvgIpc) is 2.35. The Bertz CT molecular complexity index is 405. The minimum Gasteiger partial charge on any atom is -0.467 e. The molecule has 0 aromatic heterocycles. The maximum atomic E-state index is 13.4. The van der Waals surface area contributed by atoms with Gasteiger partial charge in [0, 0.05) is 12.7 Å². The number of hydrogen-bond donors (Lipinski definition) is 1. The Kier molecular flexibility index (Phi) is 4.86. The minimum atomic E-state index is -0.778. The number of ether oxygens (including phenoxy) is 3. The first-order chi connectivity index (χ1) is 8.15. The number of esters is 1. The van der Waals surface area contributed by atoms with Crippen LogP contribution in [0.15, 0.2) is 12.1 Å². The lowest BCUT2D eigenvalue weighted by Gasteiger charge is -2.13. The molecule has 0 aliphatic carbocycles. The molecule has 1 N–H and O–H groups in total. The van der Waals surface area contributed by atoms with Crippen molar-refractivity contribution in [1.29, 1.82) is 0 Å². The van der Waals surface area contributed by atoms with Crippen LogP contribution in [0.5, 0.6) is 5.75 Å². The summed E-state index contributed by atoms with van der Waals surface area (Å²) in [5, 5.41) is 9.06. The number of rotatable bonds is 5.